The average molecular weight is 269 g/mol. The number of hydrogen-bond donors (Lipinski definition) is 0. The fourth-order valence-corrected chi connectivity index (χ4v) is 4.44. The lowest BCUT2D eigenvalue weighted by molar-refractivity contribution is 0.0420. The van der Waals surface area contributed by atoms with E-state index in [0.29, 0.717) is 5.37 Å². The number of hydrogen-bond acceptors (Lipinski definition) is 2. The lowest BCUT2D eigenvalue weighted by atomic mass is 9.64. The van der Waals surface area contributed by atoms with Gasteiger partial charge in [0.05, 0.1) is 5.37 Å². The van der Waals surface area contributed by atoms with Gasteiger partial charge in [-0.2, -0.15) is 0 Å². The smallest absolute Gasteiger partial charge is 0.0525 e. The van der Waals surface area contributed by atoms with Gasteiger partial charge in [0.25, 0.3) is 0 Å². The van der Waals surface area contributed by atoms with E-state index in [-0.39, 0.29) is 0 Å². The monoisotopic (exact) mass is 269 g/mol. The molecule has 1 saturated carbocycles. The standard InChI is InChI=1S/C16H31NS/c1-13(2)15-5-7-16(8-6-15)9-11-17(12-10-16)14(3)18-4/h13-15H,5-12H2,1-4H3. The first-order valence-corrected chi connectivity index (χ1v) is 9.12. The van der Waals surface area contributed by atoms with Gasteiger partial charge in [-0.25, -0.2) is 0 Å². The fraction of sp³-hybridized carbons (Fsp3) is 1.00. The molecule has 2 fully saturated rings. The van der Waals surface area contributed by atoms with E-state index in [1.165, 1.54) is 51.6 Å². The molecule has 106 valence electrons. The van der Waals surface area contributed by atoms with Crippen LogP contribution in [0.15, 0.2) is 0 Å². The summed E-state index contributed by atoms with van der Waals surface area (Å²) in [4.78, 5) is 2.68. The SMILES string of the molecule is CSC(C)N1CCC2(CCC(C(C)C)CC2)CC1. The van der Waals surface area contributed by atoms with Crippen molar-refractivity contribution in [1.29, 1.82) is 0 Å². The normalized spacial score (nSPS) is 27.8. The Kier molecular flexibility index (Phi) is 5.05. The minimum Gasteiger partial charge on any atom is -0.292 e. The Labute approximate surface area is 118 Å². The minimum atomic E-state index is 0.717. The van der Waals surface area contributed by atoms with E-state index in [1.54, 1.807) is 0 Å². The van der Waals surface area contributed by atoms with Gasteiger partial charge in [0, 0.05) is 0 Å². The molecule has 1 atom stereocenters. The summed E-state index contributed by atoms with van der Waals surface area (Å²) in [5, 5.41) is 0.717. The third kappa shape index (κ3) is 3.25. The molecule has 0 bridgehead atoms. The predicted octanol–water partition coefficient (Wildman–Crippen LogP) is 4.62. The van der Waals surface area contributed by atoms with Gasteiger partial charge in [-0.1, -0.05) is 13.8 Å². The summed E-state index contributed by atoms with van der Waals surface area (Å²) >= 11 is 2.00. The molecule has 0 aromatic carbocycles. The summed E-state index contributed by atoms with van der Waals surface area (Å²) in [6.45, 7) is 9.86. The van der Waals surface area contributed by atoms with Crippen LogP contribution in [0.3, 0.4) is 0 Å². The van der Waals surface area contributed by atoms with E-state index in [2.05, 4.69) is 31.9 Å². The Hall–Kier alpha value is 0.310. The van der Waals surface area contributed by atoms with Gasteiger partial charge in [0.15, 0.2) is 0 Å². The molecule has 2 rings (SSSR count). The van der Waals surface area contributed by atoms with Gasteiger partial charge in [-0.3, -0.25) is 4.90 Å². The van der Waals surface area contributed by atoms with Crippen LogP contribution in [0.2, 0.25) is 0 Å². The quantitative estimate of drug-likeness (QED) is 0.735. The van der Waals surface area contributed by atoms with Crippen LogP contribution in [-0.2, 0) is 0 Å². The van der Waals surface area contributed by atoms with E-state index in [9.17, 15) is 0 Å². The van der Waals surface area contributed by atoms with Crippen molar-refractivity contribution >= 4 is 11.8 Å². The topological polar surface area (TPSA) is 3.24 Å². The average Bonchev–Trinajstić information content (AvgIpc) is 2.39. The number of piperidine rings is 1. The molecule has 0 radical (unpaired) electrons. The molecule has 1 aliphatic heterocycles. The molecule has 2 aliphatic rings. The number of thioether (sulfide) groups is 1. The molecule has 1 heterocycles. The van der Waals surface area contributed by atoms with E-state index >= 15 is 0 Å². The summed E-state index contributed by atoms with van der Waals surface area (Å²) in [7, 11) is 0. The molecule has 0 N–H and O–H groups in total. The Morgan fingerprint density at radius 1 is 1.00 bits per heavy atom. The van der Waals surface area contributed by atoms with Crippen LogP contribution in [0, 0.1) is 17.3 Å². The number of nitrogens with zero attached hydrogens (tertiary/aromatic N) is 1. The fourth-order valence-electron chi connectivity index (χ4n) is 3.93. The highest BCUT2D eigenvalue weighted by atomic mass is 32.2. The molecule has 2 heteroatoms. The maximum absolute atomic E-state index is 2.68. The summed E-state index contributed by atoms with van der Waals surface area (Å²) in [6.07, 6.45) is 11.2. The molecule has 0 amide bonds. The lowest BCUT2D eigenvalue weighted by Crippen LogP contribution is -2.44. The van der Waals surface area contributed by atoms with E-state index < -0.39 is 0 Å². The molecule has 0 aromatic heterocycles. The largest absolute Gasteiger partial charge is 0.292 e. The Bertz CT molecular complexity index is 246. The number of likely N-dealkylation sites (tertiary alicyclic amines) is 1. The molecule has 1 nitrogen and oxygen atoms in total. The lowest BCUT2D eigenvalue weighted by Gasteiger charge is -2.47. The van der Waals surface area contributed by atoms with Crippen molar-refractivity contribution in [3.8, 4) is 0 Å². The number of rotatable bonds is 3. The first kappa shape index (κ1) is 14.7. The first-order valence-electron chi connectivity index (χ1n) is 7.83. The second-order valence-electron chi connectivity index (χ2n) is 6.95. The molecule has 1 unspecified atom stereocenters. The zero-order valence-corrected chi connectivity index (χ0v) is 13.6. The van der Waals surface area contributed by atoms with Crippen LogP contribution in [0.25, 0.3) is 0 Å². The van der Waals surface area contributed by atoms with Crippen LogP contribution in [0.1, 0.15) is 59.3 Å². The van der Waals surface area contributed by atoms with Crippen LogP contribution < -0.4 is 0 Å². The third-order valence-electron chi connectivity index (χ3n) is 5.75. The zero-order chi connectivity index (χ0) is 13.2. The predicted molar refractivity (Wildman–Crippen MR) is 83.0 cm³/mol. The maximum atomic E-state index is 2.68. The van der Waals surface area contributed by atoms with Crippen LogP contribution in [0.5, 0.6) is 0 Å². The van der Waals surface area contributed by atoms with Crippen molar-refractivity contribution < 1.29 is 0 Å². The van der Waals surface area contributed by atoms with E-state index in [0.717, 1.165) is 17.3 Å². The van der Waals surface area contributed by atoms with Crippen LogP contribution in [-0.4, -0.2) is 29.6 Å². The Balaban J connectivity index is 1.82. The Morgan fingerprint density at radius 3 is 2.00 bits per heavy atom. The molecule has 1 saturated heterocycles. The second kappa shape index (κ2) is 6.17. The molecule has 18 heavy (non-hydrogen) atoms. The first-order chi connectivity index (χ1) is 8.56. The van der Waals surface area contributed by atoms with E-state index in [4.69, 9.17) is 0 Å². The van der Waals surface area contributed by atoms with Gasteiger partial charge in [-0.15, -0.1) is 11.8 Å². The highest BCUT2D eigenvalue weighted by molar-refractivity contribution is 7.99. The summed E-state index contributed by atoms with van der Waals surface area (Å²) in [5.41, 5.74) is 0.736. The molecular formula is C16H31NS. The third-order valence-corrected chi connectivity index (χ3v) is 6.73. The summed E-state index contributed by atoms with van der Waals surface area (Å²) in [6, 6.07) is 0. The highest BCUT2D eigenvalue weighted by Crippen LogP contribution is 2.48. The molecule has 0 aromatic rings. The molecule has 1 spiro atoms. The summed E-state index contributed by atoms with van der Waals surface area (Å²) in [5.74, 6) is 1.91. The van der Waals surface area contributed by atoms with Crippen LogP contribution >= 0.6 is 11.8 Å². The molecular weight excluding hydrogens is 238 g/mol. The van der Waals surface area contributed by atoms with E-state index in [1.807, 2.05) is 11.8 Å². The molecule has 1 aliphatic carbocycles. The second-order valence-corrected chi connectivity index (χ2v) is 8.11. The zero-order valence-electron chi connectivity index (χ0n) is 12.7. The van der Waals surface area contributed by atoms with Gasteiger partial charge in [-0.05, 0) is 82.0 Å². The van der Waals surface area contributed by atoms with Crippen molar-refractivity contribution in [3.05, 3.63) is 0 Å². The maximum Gasteiger partial charge on any atom is 0.0525 e. The highest BCUT2D eigenvalue weighted by Gasteiger charge is 2.39. The minimum absolute atomic E-state index is 0.717. The van der Waals surface area contributed by atoms with Gasteiger partial charge >= 0.3 is 0 Å². The van der Waals surface area contributed by atoms with Gasteiger partial charge in [0.2, 0.25) is 0 Å². The van der Waals surface area contributed by atoms with Gasteiger partial charge in [0.1, 0.15) is 0 Å². The Morgan fingerprint density at radius 2 is 1.56 bits per heavy atom. The summed E-state index contributed by atoms with van der Waals surface area (Å²) < 4.78 is 0. The van der Waals surface area contributed by atoms with Crippen LogP contribution in [0.4, 0.5) is 0 Å². The van der Waals surface area contributed by atoms with Crippen molar-refractivity contribution in [2.24, 2.45) is 17.3 Å². The van der Waals surface area contributed by atoms with Crippen molar-refractivity contribution in [3.63, 3.8) is 0 Å². The van der Waals surface area contributed by atoms with Crippen molar-refractivity contribution in [2.75, 3.05) is 19.3 Å². The van der Waals surface area contributed by atoms with Crippen molar-refractivity contribution in [1.82, 2.24) is 4.90 Å². The van der Waals surface area contributed by atoms with Crippen molar-refractivity contribution in [2.45, 2.75) is 64.7 Å². The van der Waals surface area contributed by atoms with Gasteiger partial charge < -0.3 is 0 Å².